The van der Waals surface area contributed by atoms with Gasteiger partial charge in [-0.25, -0.2) is 4.79 Å². The third-order valence-corrected chi connectivity index (χ3v) is 4.52. The number of hydrogen-bond donors (Lipinski definition) is 1. The minimum Gasteiger partial charge on any atom is -0.478 e. The van der Waals surface area contributed by atoms with Gasteiger partial charge in [0.15, 0.2) is 0 Å². The third-order valence-electron chi connectivity index (χ3n) is 2.99. The van der Waals surface area contributed by atoms with Crippen molar-refractivity contribution >= 4 is 16.8 Å². The Hall–Kier alpha value is -1.20. The second kappa shape index (κ2) is 6.82. The van der Waals surface area contributed by atoms with Gasteiger partial charge >= 0.3 is 5.97 Å². The van der Waals surface area contributed by atoms with E-state index in [9.17, 15) is 9.00 Å². The van der Waals surface area contributed by atoms with Crippen molar-refractivity contribution in [2.24, 2.45) is 0 Å². The maximum Gasteiger partial charge on any atom is 0.335 e. The number of rotatable bonds is 6. The van der Waals surface area contributed by atoms with Crippen molar-refractivity contribution in [3.05, 3.63) is 28.8 Å². The van der Waals surface area contributed by atoms with Crippen LogP contribution in [0.3, 0.4) is 0 Å². The van der Waals surface area contributed by atoms with Crippen molar-refractivity contribution in [3.63, 3.8) is 0 Å². The lowest BCUT2D eigenvalue weighted by Crippen LogP contribution is -2.12. The fraction of sp³-hybridized carbons (Fsp3) is 0.500. The molecule has 0 aliphatic rings. The Morgan fingerprint density at radius 3 is 2.53 bits per heavy atom. The average Bonchev–Trinajstić information content (AvgIpc) is 2.34. The van der Waals surface area contributed by atoms with Crippen LogP contribution in [-0.2, 0) is 15.5 Å². The van der Waals surface area contributed by atoms with Crippen LogP contribution >= 0.6 is 0 Å². The summed E-state index contributed by atoms with van der Waals surface area (Å²) in [5.74, 6) is -0.416. The van der Waals surface area contributed by atoms with E-state index in [1.54, 1.807) is 26.2 Å². The van der Waals surface area contributed by atoms with Gasteiger partial charge < -0.3 is 9.84 Å². The Morgan fingerprint density at radius 1 is 1.42 bits per heavy atom. The van der Waals surface area contributed by atoms with E-state index >= 15 is 0 Å². The summed E-state index contributed by atoms with van der Waals surface area (Å²) in [4.78, 5) is 11.8. The molecule has 0 aromatic heterocycles. The topological polar surface area (TPSA) is 63.6 Å². The normalized spacial score (nSPS) is 12.7. The number of carboxylic acid groups (broad SMARTS) is 1. The van der Waals surface area contributed by atoms with Crippen LogP contribution in [0.5, 0.6) is 0 Å². The second-order valence-corrected chi connectivity index (χ2v) is 6.17. The van der Waals surface area contributed by atoms with E-state index in [2.05, 4.69) is 0 Å². The highest BCUT2D eigenvalue weighted by Crippen LogP contribution is 2.28. The molecule has 4 nitrogen and oxygen atoms in total. The smallest absolute Gasteiger partial charge is 0.335 e. The molecule has 1 aromatic carbocycles. The van der Waals surface area contributed by atoms with Gasteiger partial charge in [0, 0.05) is 12.0 Å². The fourth-order valence-electron chi connectivity index (χ4n) is 1.96. The highest BCUT2D eigenvalue weighted by molar-refractivity contribution is 7.85. The molecule has 5 heteroatoms. The van der Waals surface area contributed by atoms with Gasteiger partial charge in [-0.1, -0.05) is 19.9 Å². The fourth-order valence-corrected chi connectivity index (χ4v) is 3.50. The molecule has 0 heterocycles. The number of methoxy groups -OCH3 is 1. The van der Waals surface area contributed by atoms with Gasteiger partial charge in [0.2, 0.25) is 0 Å². The number of ether oxygens (including phenoxy) is 1. The summed E-state index contributed by atoms with van der Waals surface area (Å²) in [5, 5.41) is 9.15. The standard InChI is InChI=1S/C14H20O4S/c1-9(2)11-5-6-12(14(15)16)10(3)13(11)19(17)8-7-18-4/h5-6,9H,7-8H2,1-4H3,(H,15,16)/t19-/m0/s1. The van der Waals surface area contributed by atoms with E-state index in [0.29, 0.717) is 22.8 Å². The van der Waals surface area contributed by atoms with Gasteiger partial charge in [0.25, 0.3) is 0 Å². The summed E-state index contributed by atoms with van der Waals surface area (Å²) in [6.07, 6.45) is 0. The van der Waals surface area contributed by atoms with Crippen molar-refractivity contribution in [2.75, 3.05) is 19.5 Å². The van der Waals surface area contributed by atoms with E-state index in [0.717, 1.165) is 5.56 Å². The first-order chi connectivity index (χ1) is 8.90. The molecule has 0 saturated heterocycles. The number of carbonyl (C=O) groups is 1. The molecule has 0 fully saturated rings. The molecule has 0 amide bonds. The molecule has 0 saturated carbocycles. The van der Waals surface area contributed by atoms with E-state index in [-0.39, 0.29) is 11.5 Å². The van der Waals surface area contributed by atoms with Crippen LogP contribution in [0.15, 0.2) is 17.0 Å². The molecular weight excluding hydrogens is 264 g/mol. The van der Waals surface area contributed by atoms with Crippen molar-refractivity contribution in [1.29, 1.82) is 0 Å². The maximum absolute atomic E-state index is 12.4. The van der Waals surface area contributed by atoms with Crippen LogP contribution < -0.4 is 0 Å². The summed E-state index contributed by atoms with van der Waals surface area (Å²) >= 11 is 0. The zero-order valence-corrected chi connectivity index (χ0v) is 12.5. The molecule has 0 bridgehead atoms. The number of benzene rings is 1. The zero-order chi connectivity index (χ0) is 14.6. The number of hydrogen-bond acceptors (Lipinski definition) is 3. The zero-order valence-electron chi connectivity index (χ0n) is 11.7. The van der Waals surface area contributed by atoms with Crippen LogP contribution in [0.1, 0.15) is 41.3 Å². The largest absolute Gasteiger partial charge is 0.478 e. The first kappa shape index (κ1) is 15.9. The van der Waals surface area contributed by atoms with Crippen molar-refractivity contribution < 1.29 is 18.8 Å². The van der Waals surface area contributed by atoms with Crippen LogP contribution in [0.2, 0.25) is 0 Å². The van der Waals surface area contributed by atoms with Crippen molar-refractivity contribution in [2.45, 2.75) is 31.6 Å². The molecule has 19 heavy (non-hydrogen) atoms. The molecule has 0 aliphatic heterocycles. The Morgan fingerprint density at radius 2 is 2.05 bits per heavy atom. The lowest BCUT2D eigenvalue weighted by atomic mass is 9.98. The van der Waals surface area contributed by atoms with Gasteiger partial charge in [-0.3, -0.25) is 4.21 Å². The molecule has 0 unspecified atom stereocenters. The Labute approximate surface area is 116 Å². The molecule has 1 N–H and O–H groups in total. The van der Waals surface area contributed by atoms with E-state index in [1.165, 1.54) is 0 Å². The highest BCUT2D eigenvalue weighted by Gasteiger charge is 2.20. The molecule has 1 atom stereocenters. The van der Waals surface area contributed by atoms with Crippen LogP contribution in [0.25, 0.3) is 0 Å². The first-order valence-electron chi connectivity index (χ1n) is 6.14. The van der Waals surface area contributed by atoms with Gasteiger partial charge in [-0.05, 0) is 30.0 Å². The van der Waals surface area contributed by atoms with Gasteiger partial charge in [-0.15, -0.1) is 0 Å². The lowest BCUT2D eigenvalue weighted by molar-refractivity contribution is 0.0695. The van der Waals surface area contributed by atoms with E-state index in [4.69, 9.17) is 9.84 Å². The Kier molecular flexibility index (Phi) is 5.69. The first-order valence-corrected chi connectivity index (χ1v) is 7.46. The van der Waals surface area contributed by atoms with Crippen LogP contribution in [0, 0.1) is 6.92 Å². The third kappa shape index (κ3) is 3.64. The molecule has 0 radical (unpaired) electrons. The number of aromatic carboxylic acids is 1. The Balaban J connectivity index is 3.34. The minimum atomic E-state index is -1.24. The Bertz CT molecular complexity index is 494. The number of carboxylic acids is 1. The van der Waals surface area contributed by atoms with E-state index < -0.39 is 16.8 Å². The van der Waals surface area contributed by atoms with E-state index in [1.807, 2.05) is 13.8 Å². The van der Waals surface area contributed by atoms with Gasteiger partial charge in [0.1, 0.15) is 0 Å². The predicted molar refractivity (Wildman–Crippen MR) is 75.4 cm³/mol. The summed E-state index contributed by atoms with van der Waals surface area (Å²) < 4.78 is 17.3. The molecule has 0 aliphatic carbocycles. The molecular formula is C14H20O4S. The van der Waals surface area contributed by atoms with Gasteiger partial charge in [0.05, 0.1) is 28.7 Å². The summed E-state index contributed by atoms with van der Waals surface area (Å²) in [7, 11) is 0.314. The SMILES string of the molecule is COCC[S@](=O)c1c(C(C)C)ccc(C(=O)O)c1C. The molecule has 1 aromatic rings. The highest BCUT2D eigenvalue weighted by atomic mass is 32.2. The summed E-state index contributed by atoms with van der Waals surface area (Å²) in [5.41, 5.74) is 1.75. The predicted octanol–water partition coefficient (Wildman–Crippen LogP) is 2.57. The quantitative estimate of drug-likeness (QED) is 0.872. The maximum atomic E-state index is 12.4. The van der Waals surface area contributed by atoms with Crippen molar-refractivity contribution in [3.8, 4) is 0 Å². The van der Waals surface area contributed by atoms with Crippen LogP contribution in [-0.4, -0.2) is 34.8 Å². The minimum absolute atomic E-state index is 0.197. The van der Waals surface area contributed by atoms with Gasteiger partial charge in [-0.2, -0.15) is 0 Å². The molecule has 1 rings (SSSR count). The van der Waals surface area contributed by atoms with Crippen LogP contribution in [0.4, 0.5) is 0 Å². The molecule has 106 valence electrons. The second-order valence-electron chi connectivity index (χ2n) is 4.66. The lowest BCUT2D eigenvalue weighted by Gasteiger charge is -2.16. The monoisotopic (exact) mass is 284 g/mol. The summed E-state index contributed by atoms with van der Waals surface area (Å²) in [6, 6.07) is 3.35. The van der Waals surface area contributed by atoms with Crippen molar-refractivity contribution in [1.82, 2.24) is 0 Å². The summed E-state index contributed by atoms with van der Waals surface area (Å²) in [6.45, 7) is 6.12. The average molecular weight is 284 g/mol. The molecule has 0 spiro atoms.